The lowest BCUT2D eigenvalue weighted by Gasteiger charge is -2.36. The lowest BCUT2D eigenvalue weighted by molar-refractivity contribution is 0.0746. The molecule has 0 unspecified atom stereocenters. The van der Waals surface area contributed by atoms with Crippen LogP contribution < -0.4 is 9.80 Å². The summed E-state index contributed by atoms with van der Waals surface area (Å²) in [6.45, 7) is 6.27. The Kier molecular flexibility index (Phi) is 5.00. The highest BCUT2D eigenvalue weighted by Gasteiger charge is 2.29. The summed E-state index contributed by atoms with van der Waals surface area (Å²) in [5.74, 6) is 2.31. The van der Waals surface area contributed by atoms with Crippen LogP contribution in [0, 0.1) is 6.92 Å². The topological polar surface area (TPSA) is 72.9 Å². The molecule has 31 heavy (non-hydrogen) atoms. The molecule has 0 spiro atoms. The number of urea groups is 1. The molecule has 162 valence electrons. The van der Waals surface area contributed by atoms with Crippen LogP contribution in [-0.4, -0.2) is 78.0 Å². The number of aryl methyl sites for hydroxylation is 1. The molecule has 5 rings (SSSR count). The van der Waals surface area contributed by atoms with Gasteiger partial charge in [-0.05, 0) is 48.9 Å². The van der Waals surface area contributed by atoms with Crippen LogP contribution in [0.15, 0.2) is 30.6 Å². The van der Waals surface area contributed by atoms with E-state index in [9.17, 15) is 9.59 Å². The third-order valence-corrected chi connectivity index (χ3v) is 6.47. The number of nitrogens with zero attached hydrogens (tertiary/aromatic N) is 6. The van der Waals surface area contributed by atoms with Crippen molar-refractivity contribution in [1.82, 2.24) is 19.8 Å². The predicted molar refractivity (Wildman–Crippen MR) is 119 cm³/mol. The zero-order valence-electron chi connectivity index (χ0n) is 18.1. The Morgan fingerprint density at radius 2 is 1.77 bits per heavy atom. The SMILES string of the molecule is Cc1cc(C2CC2)cnc1N1CCN(C(=O)c2ccc(N3CCN(C)C3=O)nc2)CC1. The summed E-state index contributed by atoms with van der Waals surface area (Å²) in [5, 5.41) is 0. The van der Waals surface area contributed by atoms with Gasteiger partial charge >= 0.3 is 6.03 Å². The monoisotopic (exact) mass is 420 g/mol. The maximum atomic E-state index is 12.9. The number of carbonyl (C=O) groups excluding carboxylic acids is 2. The van der Waals surface area contributed by atoms with Crippen LogP contribution >= 0.6 is 0 Å². The van der Waals surface area contributed by atoms with Gasteiger partial charge in [-0.15, -0.1) is 0 Å². The Morgan fingerprint density at radius 1 is 1.00 bits per heavy atom. The molecule has 4 heterocycles. The van der Waals surface area contributed by atoms with E-state index in [-0.39, 0.29) is 11.9 Å². The highest BCUT2D eigenvalue weighted by atomic mass is 16.2. The number of piperazine rings is 1. The molecule has 2 aliphatic heterocycles. The molecule has 2 aromatic rings. The van der Waals surface area contributed by atoms with Gasteiger partial charge in [0.1, 0.15) is 11.6 Å². The number of pyridine rings is 2. The summed E-state index contributed by atoms with van der Waals surface area (Å²) in [4.78, 5) is 41.6. The van der Waals surface area contributed by atoms with Crippen molar-refractivity contribution in [3.05, 3.63) is 47.3 Å². The van der Waals surface area contributed by atoms with E-state index in [0.717, 1.165) is 18.9 Å². The molecular formula is C23H28N6O2. The second-order valence-electron chi connectivity index (χ2n) is 8.72. The van der Waals surface area contributed by atoms with Gasteiger partial charge in [0.15, 0.2) is 0 Å². The number of hydrogen-bond donors (Lipinski definition) is 0. The quantitative estimate of drug-likeness (QED) is 0.760. The molecule has 3 aliphatic rings. The maximum absolute atomic E-state index is 12.9. The number of likely N-dealkylation sites (N-methyl/N-ethyl adjacent to an activating group) is 1. The van der Waals surface area contributed by atoms with E-state index in [2.05, 4.69) is 22.9 Å². The minimum absolute atomic E-state index is 0.0164. The zero-order chi connectivity index (χ0) is 21.5. The maximum Gasteiger partial charge on any atom is 0.325 e. The first kappa shape index (κ1) is 19.8. The fourth-order valence-electron chi connectivity index (χ4n) is 4.40. The lowest BCUT2D eigenvalue weighted by atomic mass is 10.1. The molecular weight excluding hydrogens is 392 g/mol. The van der Waals surface area contributed by atoms with E-state index in [1.165, 1.54) is 24.0 Å². The summed E-state index contributed by atoms with van der Waals surface area (Å²) < 4.78 is 0. The minimum Gasteiger partial charge on any atom is -0.353 e. The molecule has 1 aliphatic carbocycles. The van der Waals surface area contributed by atoms with Crippen molar-refractivity contribution in [2.75, 3.05) is 56.1 Å². The van der Waals surface area contributed by atoms with Crippen molar-refractivity contribution in [2.24, 2.45) is 0 Å². The first-order valence-electron chi connectivity index (χ1n) is 11.0. The van der Waals surface area contributed by atoms with Crippen molar-refractivity contribution in [2.45, 2.75) is 25.7 Å². The van der Waals surface area contributed by atoms with Crippen LogP contribution in [0.5, 0.6) is 0 Å². The van der Waals surface area contributed by atoms with Gasteiger partial charge in [-0.25, -0.2) is 14.8 Å². The van der Waals surface area contributed by atoms with Gasteiger partial charge in [-0.2, -0.15) is 0 Å². The normalized spacial score (nSPS) is 19.4. The van der Waals surface area contributed by atoms with Crippen molar-refractivity contribution in [3.63, 3.8) is 0 Å². The number of amides is 3. The Bertz CT molecular complexity index is 996. The molecule has 8 heteroatoms. The van der Waals surface area contributed by atoms with Crippen molar-refractivity contribution < 1.29 is 9.59 Å². The van der Waals surface area contributed by atoms with E-state index in [4.69, 9.17) is 4.98 Å². The van der Waals surface area contributed by atoms with E-state index in [1.807, 2.05) is 11.1 Å². The largest absolute Gasteiger partial charge is 0.353 e. The lowest BCUT2D eigenvalue weighted by Crippen LogP contribution is -2.49. The van der Waals surface area contributed by atoms with Gasteiger partial charge in [0.05, 0.1) is 5.56 Å². The summed E-state index contributed by atoms with van der Waals surface area (Å²) >= 11 is 0. The number of aromatic nitrogens is 2. The van der Waals surface area contributed by atoms with Gasteiger partial charge in [0, 0.05) is 58.7 Å². The van der Waals surface area contributed by atoms with Crippen LogP contribution in [0.25, 0.3) is 0 Å². The Labute approximate surface area is 182 Å². The molecule has 3 amide bonds. The molecule has 2 aromatic heterocycles. The summed E-state index contributed by atoms with van der Waals surface area (Å²) in [6, 6.07) is 5.74. The fourth-order valence-corrected chi connectivity index (χ4v) is 4.40. The van der Waals surface area contributed by atoms with E-state index < -0.39 is 0 Å². The number of anilines is 2. The van der Waals surface area contributed by atoms with Gasteiger partial charge in [-0.3, -0.25) is 9.69 Å². The molecule has 0 N–H and O–H groups in total. The predicted octanol–water partition coefficient (Wildman–Crippen LogP) is 2.50. The van der Waals surface area contributed by atoms with Gasteiger partial charge < -0.3 is 14.7 Å². The highest BCUT2D eigenvalue weighted by molar-refractivity contribution is 5.96. The molecule has 2 saturated heterocycles. The third-order valence-electron chi connectivity index (χ3n) is 6.47. The standard InChI is InChI=1S/C23H28N6O2/c1-16-13-19(17-3-4-17)15-25-21(16)27-8-10-28(11-9-27)22(30)18-5-6-20(24-14-18)29-12-7-26(2)23(29)31/h5-6,13-15,17H,3-4,7-12H2,1-2H3. The average Bonchev–Trinajstić information content (AvgIpc) is 3.59. The summed E-state index contributed by atoms with van der Waals surface area (Å²) in [5.41, 5.74) is 3.12. The Morgan fingerprint density at radius 3 is 2.35 bits per heavy atom. The van der Waals surface area contributed by atoms with Crippen molar-refractivity contribution in [1.29, 1.82) is 0 Å². The van der Waals surface area contributed by atoms with Crippen LogP contribution in [0.3, 0.4) is 0 Å². The van der Waals surface area contributed by atoms with Crippen molar-refractivity contribution >= 4 is 23.6 Å². The van der Waals surface area contributed by atoms with E-state index in [0.29, 0.717) is 43.5 Å². The molecule has 0 bridgehead atoms. The van der Waals surface area contributed by atoms with Gasteiger partial charge in [0.2, 0.25) is 0 Å². The van der Waals surface area contributed by atoms with Gasteiger partial charge in [0.25, 0.3) is 5.91 Å². The molecule has 3 fully saturated rings. The smallest absolute Gasteiger partial charge is 0.325 e. The Balaban J connectivity index is 1.20. The van der Waals surface area contributed by atoms with Crippen LogP contribution in [0.4, 0.5) is 16.4 Å². The minimum atomic E-state index is -0.0586. The van der Waals surface area contributed by atoms with Crippen LogP contribution in [0.2, 0.25) is 0 Å². The molecule has 0 radical (unpaired) electrons. The van der Waals surface area contributed by atoms with E-state index in [1.54, 1.807) is 35.2 Å². The molecule has 0 aromatic carbocycles. The van der Waals surface area contributed by atoms with Gasteiger partial charge in [-0.1, -0.05) is 6.07 Å². The fraction of sp³-hybridized carbons (Fsp3) is 0.478. The van der Waals surface area contributed by atoms with E-state index >= 15 is 0 Å². The number of rotatable bonds is 4. The summed E-state index contributed by atoms with van der Waals surface area (Å²) in [7, 11) is 1.78. The Hall–Kier alpha value is -3.16. The number of carbonyl (C=O) groups is 2. The summed E-state index contributed by atoms with van der Waals surface area (Å²) in [6.07, 6.45) is 6.16. The molecule has 1 saturated carbocycles. The molecule has 8 nitrogen and oxygen atoms in total. The first-order chi connectivity index (χ1) is 15.0. The second kappa shape index (κ2) is 7.83. The average molecular weight is 421 g/mol. The van der Waals surface area contributed by atoms with Crippen LogP contribution in [-0.2, 0) is 0 Å². The molecule has 0 atom stereocenters. The van der Waals surface area contributed by atoms with Crippen LogP contribution in [0.1, 0.15) is 40.2 Å². The number of hydrogen-bond acceptors (Lipinski definition) is 5. The second-order valence-corrected chi connectivity index (χ2v) is 8.72. The first-order valence-corrected chi connectivity index (χ1v) is 11.0. The zero-order valence-corrected chi connectivity index (χ0v) is 18.1. The highest BCUT2D eigenvalue weighted by Crippen LogP contribution is 2.40. The van der Waals surface area contributed by atoms with Crippen molar-refractivity contribution in [3.8, 4) is 0 Å². The third kappa shape index (κ3) is 3.82.